The summed E-state index contributed by atoms with van der Waals surface area (Å²) in [5.74, 6) is 16.1. The molecule has 14 heteroatoms. The first-order valence-electron chi connectivity index (χ1n) is 17.9. The van der Waals surface area contributed by atoms with Gasteiger partial charge in [0.15, 0.2) is 10.3 Å². The van der Waals surface area contributed by atoms with Gasteiger partial charge >= 0.3 is 0 Å². The average molecular weight is 974 g/mol. The first kappa shape index (κ1) is 38.1. The molecule has 2 aromatic carbocycles. The zero-order chi connectivity index (χ0) is 40.0. The fourth-order valence-corrected chi connectivity index (χ4v) is 10.1. The number of amidine groups is 2. The number of pyridine rings is 4. The highest BCUT2D eigenvalue weighted by molar-refractivity contribution is 14.1. The summed E-state index contributed by atoms with van der Waals surface area (Å²) < 4.78 is 14.3. The number of hydrogen-bond acceptors (Lipinski definition) is 12. The molecular weight excluding hydrogens is 943 g/mol. The normalized spacial score (nSPS) is 18.9. The maximum Gasteiger partial charge on any atom is 0.225 e. The molecule has 10 nitrogen and oxygen atoms in total. The Bertz CT molecular complexity index is 2720. The Morgan fingerprint density at radius 1 is 0.621 bits per heavy atom. The van der Waals surface area contributed by atoms with Crippen LogP contribution in [0.5, 0.6) is 23.3 Å². The fourth-order valence-electron chi connectivity index (χ4n) is 7.36. The van der Waals surface area contributed by atoms with Gasteiger partial charge in [-0.25, -0.2) is 20.0 Å². The molecule has 4 aromatic heterocycles. The summed E-state index contributed by atoms with van der Waals surface area (Å²) >= 11 is 8.89. The van der Waals surface area contributed by atoms with Crippen LogP contribution in [0.1, 0.15) is 47.2 Å². The molecule has 284 valence electrons. The van der Waals surface area contributed by atoms with Gasteiger partial charge in [-0.05, 0) is 113 Å². The van der Waals surface area contributed by atoms with Crippen LogP contribution in [0.15, 0.2) is 112 Å². The van der Waals surface area contributed by atoms with Crippen molar-refractivity contribution in [1.82, 2.24) is 19.9 Å². The van der Waals surface area contributed by atoms with E-state index < -0.39 is 11.1 Å². The summed E-state index contributed by atoms with van der Waals surface area (Å²) in [4.78, 5) is 27.6. The molecule has 10 rings (SSSR count). The van der Waals surface area contributed by atoms with Gasteiger partial charge in [0.05, 0.1) is 0 Å². The van der Waals surface area contributed by atoms with E-state index in [9.17, 15) is 0 Å². The standard InChI is InChI=1S/C30H21N5OS.C14H9BrIN3OS/c1-3-5-19-9-22(15-32-13-19)21-7-8-27-25(11-21)30(18-37-29(31)35-30)26-12-24(17-34-28(26)36-27)23-10-20(6-4-2)14-33-16-23;15-7-3-10-12(18-5-7)20-11-2-1-8(16)4-9(11)14(10)6-21-13(17)19-14/h7-17H,18H2,1-2H3,(H2,31,35);1-5H,6H2,(H2,17,19)/t30-;14-/m00/s1. The lowest BCUT2D eigenvalue weighted by atomic mass is 9.81. The van der Waals surface area contributed by atoms with E-state index >= 15 is 0 Å². The molecule has 0 aliphatic carbocycles. The third-order valence-electron chi connectivity index (χ3n) is 9.93. The average Bonchev–Trinajstić information content (AvgIpc) is 3.82. The van der Waals surface area contributed by atoms with Crippen LogP contribution in [0.3, 0.4) is 0 Å². The lowest BCUT2D eigenvalue weighted by molar-refractivity contribution is 0.399. The number of hydrogen-bond donors (Lipinski definition) is 2. The molecule has 6 aromatic rings. The molecule has 0 saturated heterocycles. The van der Waals surface area contributed by atoms with Crippen LogP contribution in [0.2, 0.25) is 0 Å². The number of benzene rings is 2. The predicted molar refractivity (Wildman–Crippen MR) is 243 cm³/mol. The number of aliphatic imine (C=N–C) groups is 2. The molecule has 4 aliphatic heterocycles. The summed E-state index contributed by atoms with van der Waals surface area (Å²) in [6, 6.07) is 20.4. The highest BCUT2D eigenvalue weighted by Crippen LogP contribution is 2.55. The zero-order valence-electron chi connectivity index (χ0n) is 30.9. The molecule has 0 saturated carbocycles. The van der Waals surface area contributed by atoms with Gasteiger partial charge in [-0.1, -0.05) is 41.4 Å². The molecule has 0 amide bonds. The molecule has 4 N–H and O–H groups in total. The van der Waals surface area contributed by atoms with Crippen LogP contribution in [0.4, 0.5) is 0 Å². The van der Waals surface area contributed by atoms with E-state index in [2.05, 4.69) is 95.4 Å². The molecule has 0 fully saturated rings. The monoisotopic (exact) mass is 972 g/mol. The van der Waals surface area contributed by atoms with Crippen LogP contribution in [-0.2, 0) is 11.1 Å². The van der Waals surface area contributed by atoms with Crippen LogP contribution in [-0.4, -0.2) is 41.8 Å². The topological polar surface area (TPSA) is 147 Å². The summed E-state index contributed by atoms with van der Waals surface area (Å²) in [6.07, 6.45) is 10.7. The van der Waals surface area contributed by atoms with E-state index in [1.165, 1.54) is 11.8 Å². The van der Waals surface area contributed by atoms with Crippen molar-refractivity contribution in [2.75, 3.05) is 11.5 Å². The minimum Gasteiger partial charge on any atom is -0.438 e. The molecule has 2 spiro atoms. The van der Waals surface area contributed by atoms with Crippen LogP contribution >= 0.6 is 62.0 Å². The van der Waals surface area contributed by atoms with Gasteiger partial charge < -0.3 is 20.9 Å². The van der Waals surface area contributed by atoms with Crippen molar-refractivity contribution in [1.29, 1.82) is 0 Å². The van der Waals surface area contributed by atoms with E-state index in [4.69, 9.17) is 35.9 Å². The van der Waals surface area contributed by atoms with Crippen molar-refractivity contribution >= 4 is 72.4 Å². The van der Waals surface area contributed by atoms with Crippen LogP contribution in [0, 0.1) is 27.3 Å². The van der Waals surface area contributed by atoms with E-state index in [1.54, 1.807) is 36.5 Å². The van der Waals surface area contributed by atoms with Gasteiger partial charge in [-0.15, -0.1) is 11.8 Å². The quantitative estimate of drug-likeness (QED) is 0.127. The molecular formula is C44H30BrIN8O2S2. The van der Waals surface area contributed by atoms with Crippen molar-refractivity contribution in [3.05, 3.63) is 139 Å². The second-order valence-electron chi connectivity index (χ2n) is 13.5. The van der Waals surface area contributed by atoms with Crippen molar-refractivity contribution in [2.45, 2.75) is 24.9 Å². The molecule has 0 radical (unpaired) electrons. The lowest BCUT2D eigenvalue weighted by Crippen LogP contribution is -2.30. The van der Waals surface area contributed by atoms with Gasteiger partial charge in [0.25, 0.3) is 0 Å². The zero-order valence-corrected chi connectivity index (χ0v) is 36.3. The van der Waals surface area contributed by atoms with E-state index in [1.807, 2.05) is 68.7 Å². The van der Waals surface area contributed by atoms with Crippen molar-refractivity contribution < 1.29 is 9.47 Å². The summed E-state index contributed by atoms with van der Waals surface area (Å²) in [6.45, 7) is 3.62. The molecule has 8 heterocycles. The SMILES string of the molecule is CC#Cc1cncc(-c2ccc3c(c2)[C@@]2(CSC(N)=N2)c2cc(-c4cncc(C#CC)c4)cnc2O3)c1.NC1=N[C@@]2(CS1)c1cc(I)ccc1Oc1ncc(Br)cc12. The Labute approximate surface area is 365 Å². The Balaban J connectivity index is 0.000000175. The third kappa shape index (κ3) is 6.87. The Morgan fingerprint density at radius 2 is 1.14 bits per heavy atom. The second kappa shape index (κ2) is 15.4. The van der Waals surface area contributed by atoms with E-state index in [-0.39, 0.29) is 0 Å². The first-order chi connectivity index (χ1) is 28.2. The summed E-state index contributed by atoms with van der Waals surface area (Å²) in [7, 11) is 0. The minimum absolute atomic E-state index is 0.504. The van der Waals surface area contributed by atoms with Gasteiger partial charge in [-0.3, -0.25) is 9.97 Å². The van der Waals surface area contributed by atoms with Gasteiger partial charge in [0.2, 0.25) is 11.8 Å². The first-order valence-corrected chi connectivity index (χ1v) is 21.7. The Morgan fingerprint density at radius 3 is 1.72 bits per heavy atom. The number of fused-ring (bicyclic) bond motifs is 8. The number of halogens is 2. The maximum absolute atomic E-state index is 6.30. The highest BCUT2D eigenvalue weighted by Gasteiger charge is 2.48. The number of rotatable bonds is 2. The second-order valence-corrected chi connectivity index (χ2v) is 17.7. The molecule has 0 bridgehead atoms. The minimum atomic E-state index is -0.723. The van der Waals surface area contributed by atoms with E-state index in [0.717, 1.165) is 80.9 Å². The van der Waals surface area contributed by atoms with Gasteiger partial charge in [0.1, 0.15) is 22.6 Å². The van der Waals surface area contributed by atoms with Crippen molar-refractivity contribution in [3.63, 3.8) is 0 Å². The maximum atomic E-state index is 6.30. The molecule has 4 aliphatic rings. The molecule has 2 atom stereocenters. The largest absolute Gasteiger partial charge is 0.438 e. The lowest BCUT2D eigenvalue weighted by Gasteiger charge is -2.34. The molecule has 58 heavy (non-hydrogen) atoms. The summed E-state index contributed by atoms with van der Waals surface area (Å²) in [5, 5.41) is 1.14. The van der Waals surface area contributed by atoms with Gasteiger partial charge in [0, 0.05) is 107 Å². The predicted octanol–water partition coefficient (Wildman–Crippen LogP) is 9.22. The smallest absolute Gasteiger partial charge is 0.225 e. The number of nitrogens with two attached hydrogens (primary N) is 2. The number of ether oxygens (including phenoxy) is 2. The van der Waals surface area contributed by atoms with Gasteiger partial charge in [-0.2, -0.15) is 0 Å². The number of aromatic nitrogens is 4. The van der Waals surface area contributed by atoms with Crippen LogP contribution < -0.4 is 20.9 Å². The van der Waals surface area contributed by atoms with Crippen LogP contribution in [0.25, 0.3) is 22.3 Å². The van der Waals surface area contributed by atoms with Crippen molar-refractivity contribution in [2.24, 2.45) is 21.5 Å². The molecule has 0 unspecified atom stereocenters. The van der Waals surface area contributed by atoms with Crippen molar-refractivity contribution in [3.8, 4) is 69.2 Å². The third-order valence-corrected chi connectivity index (χ3v) is 12.9. The Kier molecular flexibility index (Phi) is 10.1. The number of thioether (sulfide) groups is 2. The fraction of sp³-hybridized carbons (Fsp3) is 0.136. The number of nitrogens with zero attached hydrogens (tertiary/aromatic N) is 6. The highest BCUT2D eigenvalue weighted by atomic mass is 127. The summed E-state index contributed by atoms with van der Waals surface area (Å²) in [5.41, 5.74) is 20.4. The Hall–Kier alpha value is -5.39. The van der Waals surface area contributed by atoms with E-state index in [0.29, 0.717) is 27.8 Å².